The summed E-state index contributed by atoms with van der Waals surface area (Å²) in [4.78, 5) is 8.43. The molecular formula is C23H28BrN5O2. The van der Waals surface area contributed by atoms with Crippen molar-refractivity contribution in [1.29, 1.82) is 0 Å². The first kappa shape index (κ1) is 20.9. The number of nitrogens with two attached hydrogens (primary N) is 1. The molecule has 4 atom stereocenters. The normalized spacial score (nSPS) is 26.4. The molecule has 0 aliphatic heterocycles. The average molecular weight is 486 g/mol. The minimum Gasteiger partial charge on any atom is -0.390 e. The number of nitrogen functional groups attached to an aromatic ring is 1. The molecule has 2 saturated carbocycles. The molecule has 2 heterocycles. The van der Waals surface area contributed by atoms with Crippen molar-refractivity contribution >= 4 is 32.8 Å². The highest BCUT2D eigenvalue weighted by atomic mass is 79.9. The molecule has 3 aromatic rings. The molecule has 1 aromatic carbocycles. The zero-order chi connectivity index (χ0) is 21.5. The summed E-state index contributed by atoms with van der Waals surface area (Å²) < 4.78 is 2.69. The first-order valence-corrected chi connectivity index (χ1v) is 11.7. The number of benzene rings is 1. The summed E-state index contributed by atoms with van der Waals surface area (Å²) in [7, 11) is 0. The topological polar surface area (TPSA) is 109 Å². The molecule has 5 rings (SSSR count). The second-order valence-electron chi connectivity index (χ2n) is 8.90. The first-order valence-electron chi connectivity index (χ1n) is 10.9. The lowest BCUT2D eigenvalue weighted by Crippen LogP contribution is -2.29. The van der Waals surface area contributed by atoms with Gasteiger partial charge in [0.25, 0.3) is 0 Å². The van der Waals surface area contributed by atoms with E-state index in [4.69, 9.17) is 5.73 Å². The zero-order valence-electron chi connectivity index (χ0n) is 17.3. The van der Waals surface area contributed by atoms with E-state index in [-0.39, 0.29) is 12.0 Å². The molecule has 0 bridgehead atoms. The second-order valence-corrected chi connectivity index (χ2v) is 9.76. The molecule has 7 nitrogen and oxygen atoms in total. The van der Waals surface area contributed by atoms with Crippen molar-refractivity contribution in [1.82, 2.24) is 19.9 Å². The largest absolute Gasteiger partial charge is 0.390 e. The van der Waals surface area contributed by atoms with E-state index in [1.165, 1.54) is 31.2 Å². The van der Waals surface area contributed by atoms with Crippen LogP contribution in [0.1, 0.15) is 48.8 Å². The van der Waals surface area contributed by atoms with E-state index < -0.39 is 12.2 Å². The number of hydrogen-bond acceptors (Lipinski definition) is 6. The number of aliphatic hydroxyl groups excluding tert-OH is 2. The van der Waals surface area contributed by atoms with Gasteiger partial charge >= 0.3 is 0 Å². The minimum absolute atomic E-state index is 0.146. The van der Waals surface area contributed by atoms with Gasteiger partial charge in [0, 0.05) is 23.1 Å². The fourth-order valence-corrected chi connectivity index (χ4v) is 5.53. The minimum atomic E-state index is -0.896. The Labute approximate surface area is 189 Å². The molecule has 8 heteroatoms. The highest BCUT2D eigenvalue weighted by Gasteiger charge is 2.43. The maximum Gasteiger partial charge on any atom is 0.146 e. The van der Waals surface area contributed by atoms with Crippen LogP contribution < -0.4 is 11.1 Å². The molecule has 0 amide bonds. The van der Waals surface area contributed by atoms with Crippen LogP contribution in [0.5, 0.6) is 0 Å². The molecule has 0 unspecified atom stereocenters. The van der Waals surface area contributed by atoms with Gasteiger partial charge in [0.1, 0.15) is 23.9 Å². The number of anilines is 1. The molecule has 164 valence electrons. The SMILES string of the molecule is Nc1ncnc2c1c(Br)cn2[C@@H]1C[C@H](c2ccc(CNCC3CCC3)cc2)[C@@H](O)[C@H]1O. The highest BCUT2D eigenvalue weighted by molar-refractivity contribution is 9.10. The van der Waals surface area contributed by atoms with Gasteiger partial charge in [0.2, 0.25) is 0 Å². The number of nitrogens with one attached hydrogen (secondary N) is 1. The van der Waals surface area contributed by atoms with Crippen molar-refractivity contribution in [3.63, 3.8) is 0 Å². The summed E-state index contributed by atoms with van der Waals surface area (Å²) >= 11 is 3.53. The van der Waals surface area contributed by atoms with Gasteiger partial charge in [-0.05, 0) is 58.8 Å². The van der Waals surface area contributed by atoms with Gasteiger partial charge in [-0.3, -0.25) is 0 Å². The van der Waals surface area contributed by atoms with E-state index in [2.05, 4.69) is 55.5 Å². The Morgan fingerprint density at radius 1 is 1.13 bits per heavy atom. The van der Waals surface area contributed by atoms with E-state index in [1.807, 2.05) is 10.8 Å². The summed E-state index contributed by atoms with van der Waals surface area (Å²) in [6, 6.07) is 8.09. The van der Waals surface area contributed by atoms with Crippen LogP contribution in [0.15, 0.2) is 41.3 Å². The highest BCUT2D eigenvalue weighted by Crippen LogP contribution is 2.44. The number of hydrogen-bond donors (Lipinski definition) is 4. The third kappa shape index (κ3) is 3.86. The molecule has 5 N–H and O–H groups in total. The number of rotatable bonds is 6. The summed E-state index contributed by atoms with van der Waals surface area (Å²) in [5.74, 6) is 1.09. The molecule has 31 heavy (non-hydrogen) atoms. The molecule has 2 aliphatic carbocycles. The van der Waals surface area contributed by atoms with Crippen molar-refractivity contribution in [2.24, 2.45) is 5.92 Å². The summed E-state index contributed by atoms with van der Waals surface area (Å²) in [5, 5.41) is 26.0. The molecule has 0 radical (unpaired) electrons. The fraction of sp³-hybridized carbons (Fsp3) is 0.478. The standard InChI is InChI=1S/C23H28BrN5O2/c24-17-11-29(23-19(17)22(25)27-12-28-23)18-8-16(20(30)21(18)31)15-6-4-14(5-7-15)10-26-9-13-2-1-3-13/h4-7,11-13,16,18,20-21,26,30-31H,1-3,8-10H2,(H2,25,27,28)/t16-,18-,20-,21+/m1/s1. The number of nitrogens with zero attached hydrogens (tertiary/aromatic N) is 3. The van der Waals surface area contributed by atoms with Crippen LogP contribution >= 0.6 is 15.9 Å². The van der Waals surface area contributed by atoms with Crippen LogP contribution in [-0.2, 0) is 6.54 Å². The van der Waals surface area contributed by atoms with Crippen LogP contribution in [0.3, 0.4) is 0 Å². The van der Waals surface area contributed by atoms with Crippen LogP contribution in [0.4, 0.5) is 5.82 Å². The second kappa shape index (κ2) is 8.50. The van der Waals surface area contributed by atoms with Gasteiger partial charge < -0.3 is 25.8 Å². The van der Waals surface area contributed by atoms with Gasteiger partial charge in [0.15, 0.2) is 0 Å². The number of fused-ring (bicyclic) bond motifs is 1. The Kier molecular flexibility index (Phi) is 5.73. The number of aromatic nitrogens is 3. The Morgan fingerprint density at radius 2 is 1.90 bits per heavy atom. The van der Waals surface area contributed by atoms with Gasteiger partial charge in [-0.1, -0.05) is 30.7 Å². The quantitative estimate of drug-likeness (QED) is 0.427. The predicted molar refractivity (Wildman–Crippen MR) is 124 cm³/mol. The van der Waals surface area contributed by atoms with Crippen LogP contribution in [0, 0.1) is 5.92 Å². The third-order valence-electron chi connectivity index (χ3n) is 7.00. The lowest BCUT2D eigenvalue weighted by Gasteiger charge is -2.25. The van der Waals surface area contributed by atoms with Crippen LogP contribution in [0.25, 0.3) is 11.0 Å². The molecule has 2 fully saturated rings. The van der Waals surface area contributed by atoms with Crippen molar-refractivity contribution in [2.75, 3.05) is 12.3 Å². The summed E-state index contributed by atoms with van der Waals surface area (Å²) in [5.41, 5.74) is 8.95. The monoisotopic (exact) mass is 485 g/mol. The maximum absolute atomic E-state index is 10.9. The van der Waals surface area contributed by atoms with Crippen molar-refractivity contribution < 1.29 is 10.2 Å². The maximum atomic E-state index is 10.9. The lowest BCUT2D eigenvalue weighted by atomic mass is 9.85. The van der Waals surface area contributed by atoms with E-state index in [0.29, 0.717) is 17.9 Å². The average Bonchev–Trinajstić information content (AvgIpc) is 3.22. The number of aliphatic hydroxyl groups is 2. The first-order chi connectivity index (χ1) is 15.0. The molecule has 0 saturated heterocycles. The molecule has 2 aliphatic rings. The van der Waals surface area contributed by atoms with Gasteiger partial charge in [-0.2, -0.15) is 0 Å². The molecular weight excluding hydrogens is 458 g/mol. The molecule has 0 spiro atoms. The van der Waals surface area contributed by atoms with Crippen molar-refractivity contribution in [2.45, 2.75) is 56.4 Å². The van der Waals surface area contributed by atoms with Crippen LogP contribution in [-0.4, -0.2) is 43.5 Å². The Morgan fingerprint density at radius 3 is 2.61 bits per heavy atom. The van der Waals surface area contributed by atoms with Crippen molar-refractivity contribution in [3.8, 4) is 0 Å². The van der Waals surface area contributed by atoms with Gasteiger partial charge in [0.05, 0.1) is 17.5 Å². The molecule has 2 aromatic heterocycles. The zero-order valence-corrected chi connectivity index (χ0v) is 18.9. The Bertz CT molecular complexity index is 1070. The number of halogens is 1. The summed E-state index contributed by atoms with van der Waals surface area (Å²) in [6.07, 6.45) is 6.23. The van der Waals surface area contributed by atoms with Crippen LogP contribution in [0.2, 0.25) is 0 Å². The third-order valence-corrected chi connectivity index (χ3v) is 7.60. The van der Waals surface area contributed by atoms with Gasteiger partial charge in [-0.25, -0.2) is 9.97 Å². The van der Waals surface area contributed by atoms with E-state index in [1.54, 1.807) is 0 Å². The van der Waals surface area contributed by atoms with E-state index >= 15 is 0 Å². The smallest absolute Gasteiger partial charge is 0.146 e. The fourth-order valence-electron chi connectivity index (χ4n) is 4.93. The van der Waals surface area contributed by atoms with E-state index in [9.17, 15) is 10.2 Å². The van der Waals surface area contributed by atoms with E-state index in [0.717, 1.165) is 34.4 Å². The Hall–Kier alpha value is -2.00. The predicted octanol–water partition coefficient (Wildman–Crippen LogP) is 3.12. The van der Waals surface area contributed by atoms with Gasteiger partial charge in [-0.15, -0.1) is 0 Å². The van der Waals surface area contributed by atoms with Crippen molar-refractivity contribution in [3.05, 3.63) is 52.4 Å². The Balaban J connectivity index is 1.32. The lowest BCUT2D eigenvalue weighted by molar-refractivity contribution is 0.0179. The summed E-state index contributed by atoms with van der Waals surface area (Å²) in [6.45, 7) is 1.95.